The number of hydrogen-bond donors (Lipinski definition) is 1. The van der Waals surface area contributed by atoms with E-state index in [-0.39, 0.29) is 0 Å². The summed E-state index contributed by atoms with van der Waals surface area (Å²) in [6.07, 6.45) is 0.729. The lowest BCUT2D eigenvalue weighted by atomic mass is 10.2. The lowest BCUT2D eigenvalue weighted by molar-refractivity contribution is -0.144. The second-order valence-electron chi connectivity index (χ2n) is 5.20. The minimum Gasteiger partial charge on any atom is -0.494 e. The molecule has 1 N–H and O–H groups in total. The van der Waals surface area contributed by atoms with Crippen LogP contribution < -0.4 is 14.2 Å². The number of carboxylic acid groups (broad SMARTS) is 1. The van der Waals surface area contributed by atoms with Gasteiger partial charge in [-0.05, 0) is 49.7 Å². The van der Waals surface area contributed by atoms with Crippen molar-refractivity contribution in [2.24, 2.45) is 4.99 Å². The summed E-state index contributed by atoms with van der Waals surface area (Å²) in [5, 5.41) is 8.94. The van der Waals surface area contributed by atoms with Crippen LogP contribution in [0.3, 0.4) is 0 Å². The lowest BCUT2D eigenvalue weighted by Crippen LogP contribution is -2.23. The van der Waals surface area contributed by atoms with Gasteiger partial charge in [-0.15, -0.1) is 0 Å². The van der Waals surface area contributed by atoms with Crippen LogP contribution in [0.2, 0.25) is 0 Å². The predicted molar refractivity (Wildman–Crippen MR) is 95.6 cm³/mol. The number of methoxy groups -OCH3 is 1. The van der Waals surface area contributed by atoms with Crippen molar-refractivity contribution in [3.8, 4) is 17.2 Å². The number of aliphatic imine (C=N–C) groups is 1. The van der Waals surface area contributed by atoms with Gasteiger partial charge in [-0.3, -0.25) is 4.99 Å². The maximum absolute atomic E-state index is 10.9. The molecule has 2 aromatic rings. The highest BCUT2D eigenvalue weighted by atomic mass is 16.5. The lowest BCUT2D eigenvalue weighted by Gasteiger charge is -2.14. The van der Waals surface area contributed by atoms with Gasteiger partial charge in [-0.25, -0.2) is 4.79 Å². The van der Waals surface area contributed by atoms with E-state index < -0.39 is 12.1 Å². The van der Waals surface area contributed by atoms with Crippen LogP contribution in [0, 0.1) is 0 Å². The number of hydrogen-bond acceptors (Lipinski definition) is 5. The number of ether oxygens (including phenoxy) is 3. The number of carboxylic acids is 1. The fraction of sp³-hybridized carbons (Fsp3) is 0.263. The Morgan fingerprint density at radius 1 is 1.24 bits per heavy atom. The molecule has 0 radical (unpaired) electrons. The first-order chi connectivity index (χ1) is 12.0. The van der Waals surface area contributed by atoms with E-state index in [1.54, 1.807) is 24.4 Å². The summed E-state index contributed by atoms with van der Waals surface area (Å²) in [6.45, 7) is 3.99. The third-order valence-corrected chi connectivity index (χ3v) is 3.33. The third kappa shape index (κ3) is 5.24. The molecule has 0 unspecified atom stereocenters. The molecule has 0 saturated carbocycles. The fourth-order valence-corrected chi connectivity index (χ4v) is 2.07. The molecule has 2 rings (SSSR count). The Labute approximate surface area is 146 Å². The molecule has 0 aliphatic carbocycles. The highest BCUT2D eigenvalue weighted by Gasteiger charge is 2.15. The van der Waals surface area contributed by atoms with E-state index in [0.29, 0.717) is 18.1 Å². The monoisotopic (exact) mass is 343 g/mol. The van der Waals surface area contributed by atoms with Crippen LogP contribution in [0.25, 0.3) is 0 Å². The van der Waals surface area contributed by atoms with Gasteiger partial charge in [0, 0.05) is 12.3 Å². The molecular weight excluding hydrogens is 322 g/mol. The summed E-state index contributed by atoms with van der Waals surface area (Å²) >= 11 is 0. The molecule has 0 heterocycles. The van der Waals surface area contributed by atoms with Crippen molar-refractivity contribution in [1.82, 2.24) is 0 Å². The van der Waals surface area contributed by atoms with Crippen LogP contribution in [0.4, 0.5) is 5.69 Å². The van der Waals surface area contributed by atoms with Crippen LogP contribution in [0.1, 0.15) is 19.4 Å². The second-order valence-corrected chi connectivity index (χ2v) is 5.20. The molecule has 0 saturated heterocycles. The topological polar surface area (TPSA) is 77.4 Å². The SMILES string of the molecule is CCOc1cccc(N=Cc2ccc(O[C@@H](C)C(=O)O)c(OC)c2)c1. The standard InChI is InChI=1S/C19H21NO5/c1-4-24-16-7-5-6-15(11-16)20-12-14-8-9-17(18(10-14)23-3)25-13(2)19(21)22/h5-13H,4H2,1-3H3,(H,21,22)/t13-/m0/s1. The zero-order valence-corrected chi connectivity index (χ0v) is 14.4. The number of rotatable bonds is 8. The molecule has 132 valence electrons. The molecule has 0 bridgehead atoms. The van der Waals surface area contributed by atoms with Crippen molar-refractivity contribution in [2.75, 3.05) is 13.7 Å². The predicted octanol–water partition coefficient (Wildman–Crippen LogP) is 3.70. The summed E-state index contributed by atoms with van der Waals surface area (Å²) in [5.74, 6) is 0.538. The van der Waals surface area contributed by atoms with E-state index in [1.807, 2.05) is 31.2 Å². The Balaban J connectivity index is 2.17. The molecular formula is C19H21NO5. The van der Waals surface area contributed by atoms with Crippen LogP contribution in [0.5, 0.6) is 17.2 Å². The van der Waals surface area contributed by atoms with Gasteiger partial charge in [0.1, 0.15) is 5.75 Å². The molecule has 0 amide bonds. The van der Waals surface area contributed by atoms with Crippen LogP contribution in [0.15, 0.2) is 47.5 Å². The molecule has 0 aliphatic rings. The van der Waals surface area contributed by atoms with Gasteiger partial charge in [0.15, 0.2) is 17.6 Å². The summed E-state index contributed by atoms with van der Waals surface area (Å²) in [5.41, 5.74) is 1.57. The molecule has 1 atom stereocenters. The summed E-state index contributed by atoms with van der Waals surface area (Å²) in [6, 6.07) is 12.7. The minimum absolute atomic E-state index is 0.368. The highest BCUT2D eigenvalue weighted by molar-refractivity contribution is 5.83. The average molecular weight is 343 g/mol. The van der Waals surface area contributed by atoms with Gasteiger partial charge in [0.05, 0.1) is 19.4 Å². The first kappa shape index (κ1) is 18.3. The first-order valence-corrected chi connectivity index (χ1v) is 7.88. The molecule has 0 fully saturated rings. The third-order valence-electron chi connectivity index (χ3n) is 3.33. The zero-order valence-electron chi connectivity index (χ0n) is 14.4. The minimum atomic E-state index is -1.04. The maximum atomic E-state index is 10.9. The van der Waals surface area contributed by atoms with Crippen LogP contribution >= 0.6 is 0 Å². The molecule has 6 nitrogen and oxygen atoms in total. The van der Waals surface area contributed by atoms with Crippen LogP contribution in [-0.2, 0) is 4.79 Å². The largest absolute Gasteiger partial charge is 0.494 e. The summed E-state index contributed by atoms with van der Waals surface area (Å²) < 4.78 is 16.1. The van der Waals surface area contributed by atoms with Crippen molar-refractivity contribution in [1.29, 1.82) is 0 Å². The molecule has 6 heteroatoms. The molecule has 25 heavy (non-hydrogen) atoms. The van der Waals surface area contributed by atoms with Crippen molar-refractivity contribution in [3.63, 3.8) is 0 Å². The van der Waals surface area contributed by atoms with E-state index in [4.69, 9.17) is 19.3 Å². The Morgan fingerprint density at radius 2 is 2.04 bits per heavy atom. The molecule has 0 aromatic heterocycles. The Hall–Kier alpha value is -3.02. The van der Waals surface area contributed by atoms with E-state index in [9.17, 15) is 4.79 Å². The van der Waals surface area contributed by atoms with Gasteiger partial charge in [-0.1, -0.05) is 6.07 Å². The first-order valence-electron chi connectivity index (χ1n) is 7.88. The van der Waals surface area contributed by atoms with Crippen molar-refractivity contribution >= 4 is 17.9 Å². The molecule has 0 spiro atoms. The van der Waals surface area contributed by atoms with Gasteiger partial charge in [-0.2, -0.15) is 0 Å². The molecule has 0 aliphatic heterocycles. The van der Waals surface area contributed by atoms with E-state index in [0.717, 1.165) is 17.0 Å². The van der Waals surface area contributed by atoms with E-state index in [1.165, 1.54) is 14.0 Å². The zero-order chi connectivity index (χ0) is 18.2. The second kappa shape index (κ2) is 8.73. The quantitative estimate of drug-likeness (QED) is 0.740. The van der Waals surface area contributed by atoms with Gasteiger partial charge < -0.3 is 19.3 Å². The number of aliphatic carboxylic acids is 1. The van der Waals surface area contributed by atoms with Crippen molar-refractivity contribution < 1.29 is 24.1 Å². The van der Waals surface area contributed by atoms with Crippen molar-refractivity contribution in [3.05, 3.63) is 48.0 Å². The number of carbonyl (C=O) groups is 1. The fourth-order valence-electron chi connectivity index (χ4n) is 2.07. The smallest absolute Gasteiger partial charge is 0.344 e. The van der Waals surface area contributed by atoms with E-state index in [2.05, 4.69) is 4.99 Å². The normalized spacial score (nSPS) is 12.0. The Kier molecular flexibility index (Phi) is 6.39. The summed E-state index contributed by atoms with van der Waals surface area (Å²) in [7, 11) is 1.50. The number of benzene rings is 2. The maximum Gasteiger partial charge on any atom is 0.344 e. The highest BCUT2D eigenvalue weighted by Crippen LogP contribution is 2.29. The van der Waals surface area contributed by atoms with Gasteiger partial charge in [0.25, 0.3) is 0 Å². The van der Waals surface area contributed by atoms with Crippen molar-refractivity contribution in [2.45, 2.75) is 20.0 Å². The van der Waals surface area contributed by atoms with E-state index >= 15 is 0 Å². The average Bonchev–Trinajstić information content (AvgIpc) is 2.61. The molecule has 2 aromatic carbocycles. The summed E-state index contributed by atoms with van der Waals surface area (Å²) in [4.78, 5) is 15.3. The Morgan fingerprint density at radius 3 is 2.72 bits per heavy atom. The number of nitrogens with zero attached hydrogens (tertiary/aromatic N) is 1. The Bertz CT molecular complexity index is 757. The van der Waals surface area contributed by atoms with Crippen LogP contribution in [-0.4, -0.2) is 37.1 Å². The van der Waals surface area contributed by atoms with Gasteiger partial charge >= 0.3 is 5.97 Å². The van der Waals surface area contributed by atoms with Gasteiger partial charge in [0.2, 0.25) is 0 Å².